The molecule has 1 heterocycles. The van der Waals surface area contributed by atoms with E-state index in [1.165, 1.54) is 36.5 Å². The number of nitrogens with two attached hydrogens (primary N) is 1. The molecular formula is C52H70BNO9. The van der Waals surface area contributed by atoms with Crippen molar-refractivity contribution in [3.05, 3.63) is 142 Å². The van der Waals surface area contributed by atoms with Gasteiger partial charge in [-0.2, -0.15) is 0 Å². The third kappa shape index (κ3) is 17.1. The first kappa shape index (κ1) is 52.1. The third-order valence-electron chi connectivity index (χ3n) is 11.3. The lowest BCUT2D eigenvalue weighted by atomic mass is 9.60. The number of aryl methyl sites for hydroxylation is 1. The van der Waals surface area contributed by atoms with E-state index in [0.717, 1.165) is 30.4 Å². The zero-order valence-corrected chi connectivity index (χ0v) is 39.1. The van der Waals surface area contributed by atoms with Crippen molar-refractivity contribution in [1.29, 1.82) is 0 Å². The topological polar surface area (TPSA) is 162 Å². The average molecular weight is 864 g/mol. The molecule has 0 aliphatic rings. The standard InChI is InChI=1S/C23H31BO3.C20H25NO3.C9H14O3/c1-5-23(2,22(25)27-4)16-19(17-24(3)26)15-18-11-13-21(14-12-18)20-9-7-6-8-10-20;1-20(14-22,19(23)24-2)13-18(21)12-15-8-10-17(11-9-15)16-6-4-3-5-7-16;1-6-7(5-9(2,3)4)12-8(10)11-6/h6-14,19,26H,5,15-17H2,1-4H3;3-11,18,22H,12-14,21H2,1-2H3;5H2,1-4H3/t19-,23-;18-,20+;/m11./s1. The van der Waals surface area contributed by atoms with E-state index < -0.39 is 29.5 Å². The molecule has 0 aliphatic carbocycles. The molecule has 0 radical (unpaired) electrons. The van der Waals surface area contributed by atoms with Crippen molar-refractivity contribution >= 4 is 18.9 Å². The van der Waals surface area contributed by atoms with Gasteiger partial charge in [-0.15, -0.1) is 0 Å². The van der Waals surface area contributed by atoms with E-state index in [2.05, 4.69) is 93.6 Å². The highest BCUT2D eigenvalue weighted by Crippen LogP contribution is 2.35. The number of hydrogen-bond donors (Lipinski definition) is 3. The van der Waals surface area contributed by atoms with Crippen molar-refractivity contribution in [3.63, 3.8) is 0 Å². The molecule has 0 saturated carbocycles. The van der Waals surface area contributed by atoms with Crippen molar-refractivity contribution < 1.29 is 38.0 Å². The fourth-order valence-electron chi connectivity index (χ4n) is 7.67. The first-order chi connectivity index (χ1) is 29.7. The van der Waals surface area contributed by atoms with E-state index in [9.17, 15) is 24.5 Å². The minimum Gasteiger partial charge on any atom is -0.469 e. The van der Waals surface area contributed by atoms with E-state index in [0.29, 0.717) is 37.1 Å². The Morgan fingerprint density at radius 3 is 1.52 bits per heavy atom. The molecule has 1 aromatic heterocycles. The first-order valence-corrected chi connectivity index (χ1v) is 21.8. The molecule has 63 heavy (non-hydrogen) atoms. The molecule has 5 aromatic rings. The lowest BCUT2D eigenvalue weighted by Crippen LogP contribution is -2.40. The van der Waals surface area contributed by atoms with Crippen LogP contribution >= 0.6 is 0 Å². The Hall–Kier alpha value is -5.23. The van der Waals surface area contributed by atoms with E-state index in [-0.39, 0.29) is 30.0 Å². The number of aliphatic hydroxyl groups excluding tert-OH is 1. The second-order valence-corrected chi connectivity index (χ2v) is 18.4. The van der Waals surface area contributed by atoms with E-state index in [4.69, 9.17) is 24.0 Å². The number of hydrogen-bond acceptors (Lipinski definition) is 10. The van der Waals surface area contributed by atoms with Gasteiger partial charge in [-0.25, -0.2) is 4.79 Å². The van der Waals surface area contributed by atoms with E-state index >= 15 is 0 Å². The van der Waals surface area contributed by atoms with Crippen LogP contribution in [0, 0.1) is 29.1 Å². The Labute approximate surface area is 375 Å². The largest absolute Gasteiger partial charge is 0.519 e. The minimum absolute atomic E-state index is 0.116. The van der Waals surface area contributed by atoms with Crippen molar-refractivity contribution in [2.45, 2.75) is 106 Å². The predicted molar refractivity (Wildman–Crippen MR) is 253 cm³/mol. The molecule has 5 rings (SSSR count). The Morgan fingerprint density at radius 1 is 0.698 bits per heavy atom. The molecule has 0 saturated heterocycles. The van der Waals surface area contributed by atoms with Crippen molar-refractivity contribution in [3.8, 4) is 22.3 Å². The SMILES string of the molecule is CC[C@](C)(C[C@H](CB(C)O)Cc1ccc(-c2ccccc2)cc1)C(=O)OC.COC(=O)[C@](C)(CO)C[C@H](N)Cc1ccc(-c2ccccc2)cc1.Cc1oc(=O)oc1CC(C)(C)C. The van der Waals surface area contributed by atoms with E-state index in [1.807, 2.05) is 57.1 Å². The second kappa shape index (κ2) is 24.6. The van der Waals surface area contributed by atoms with Crippen LogP contribution in [0.25, 0.3) is 22.3 Å². The van der Waals surface area contributed by atoms with Crippen LogP contribution in [-0.2, 0) is 38.3 Å². The maximum absolute atomic E-state index is 12.3. The normalized spacial score (nSPS) is 14.0. The van der Waals surface area contributed by atoms with Gasteiger partial charge in [0.05, 0.1) is 31.7 Å². The van der Waals surface area contributed by atoms with Gasteiger partial charge in [0.2, 0.25) is 0 Å². The summed E-state index contributed by atoms with van der Waals surface area (Å²) in [5, 5.41) is 19.5. The Bertz CT molecular complexity index is 2160. The summed E-state index contributed by atoms with van der Waals surface area (Å²) in [5.74, 6) is 0.269. The maximum Gasteiger partial charge on any atom is 0.519 e. The molecule has 340 valence electrons. The number of benzene rings is 4. The molecule has 4 N–H and O–H groups in total. The van der Waals surface area contributed by atoms with Gasteiger partial charge >= 0.3 is 17.8 Å². The summed E-state index contributed by atoms with van der Waals surface area (Å²) in [6.07, 6.45) is 4.69. The number of rotatable bonds is 17. The molecule has 0 amide bonds. The van der Waals surface area contributed by atoms with Gasteiger partial charge in [-0.3, -0.25) is 9.59 Å². The van der Waals surface area contributed by atoms with Crippen LogP contribution in [0.15, 0.2) is 123 Å². The summed E-state index contributed by atoms with van der Waals surface area (Å²) in [4.78, 5) is 34.7. The van der Waals surface area contributed by atoms with Crippen molar-refractivity contribution in [2.75, 3.05) is 20.8 Å². The summed E-state index contributed by atoms with van der Waals surface area (Å²) >= 11 is 0. The van der Waals surface area contributed by atoms with Crippen molar-refractivity contribution in [2.24, 2.45) is 27.9 Å². The fraction of sp³-hybridized carbons (Fsp3) is 0.442. The van der Waals surface area contributed by atoms with Crippen LogP contribution in [0.2, 0.25) is 13.1 Å². The zero-order chi connectivity index (χ0) is 46.8. The van der Waals surface area contributed by atoms with Crippen LogP contribution in [0.1, 0.15) is 83.5 Å². The van der Waals surface area contributed by atoms with Gasteiger partial charge in [0.1, 0.15) is 11.5 Å². The summed E-state index contributed by atoms with van der Waals surface area (Å²) in [5.41, 5.74) is 11.9. The van der Waals surface area contributed by atoms with Crippen LogP contribution in [0.4, 0.5) is 0 Å². The summed E-state index contributed by atoms with van der Waals surface area (Å²) in [6, 6.07) is 37.1. The molecule has 0 aliphatic heterocycles. The number of carbonyl (C=O) groups is 2. The third-order valence-corrected chi connectivity index (χ3v) is 11.3. The highest BCUT2D eigenvalue weighted by atomic mass is 16.6. The van der Waals surface area contributed by atoms with Crippen molar-refractivity contribution in [1.82, 2.24) is 0 Å². The van der Waals surface area contributed by atoms with Gasteiger partial charge < -0.3 is 34.2 Å². The number of ether oxygens (including phenoxy) is 2. The van der Waals surface area contributed by atoms with Crippen LogP contribution in [0.5, 0.6) is 0 Å². The van der Waals surface area contributed by atoms with Gasteiger partial charge in [0.25, 0.3) is 6.92 Å². The average Bonchev–Trinajstić information content (AvgIpc) is 3.57. The fourth-order valence-corrected chi connectivity index (χ4v) is 7.67. The quantitative estimate of drug-likeness (QED) is 0.0606. The number of methoxy groups -OCH3 is 2. The molecule has 0 unspecified atom stereocenters. The highest BCUT2D eigenvalue weighted by Gasteiger charge is 2.36. The lowest BCUT2D eigenvalue weighted by molar-refractivity contribution is -0.155. The minimum atomic E-state index is -0.960. The smallest absolute Gasteiger partial charge is 0.469 e. The summed E-state index contributed by atoms with van der Waals surface area (Å²) in [7, 11) is 2.77. The van der Waals surface area contributed by atoms with Crippen LogP contribution < -0.4 is 11.6 Å². The molecule has 10 nitrogen and oxygen atoms in total. The monoisotopic (exact) mass is 864 g/mol. The van der Waals surface area contributed by atoms with Crippen LogP contribution in [0.3, 0.4) is 0 Å². The Balaban J connectivity index is 0.000000269. The Morgan fingerprint density at radius 2 is 1.14 bits per heavy atom. The van der Waals surface area contributed by atoms with Gasteiger partial charge in [-0.1, -0.05) is 144 Å². The molecule has 0 fully saturated rings. The first-order valence-electron chi connectivity index (χ1n) is 21.8. The van der Waals surface area contributed by atoms with Crippen LogP contribution in [-0.4, -0.2) is 55.9 Å². The number of carbonyl (C=O) groups excluding carboxylic acids is 2. The molecule has 4 aromatic carbocycles. The highest BCUT2D eigenvalue weighted by molar-refractivity contribution is 6.48. The van der Waals surface area contributed by atoms with Gasteiger partial charge in [0, 0.05) is 12.5 Å². The number of aliphatic hydroxyl groups is 1. The summed E-state index contributed by atoms with van der Waals surface area (Å²) < 4.78 is 19.4. The molecule has 0 bridgehead atoms. The zero-order valence-electron chi connectivity index (χ0n) is 39.1. The maximum atomic E-state index is 12.3. The number of esters is 2. The molecule has 0 spiro atoms. The predicted octanol–water partition coefficient (Wildman–Crippen LogP) is 10.0. The Kier molecular flexibility index (Phi) is 20.3. The second-order valence-electron chi connectivity index (χ2n) is 18.4. The van der Waals surface area contributed by atoms with Gasteiger partial charge in [-0.05, 0) is 104 Å². The molecular weight excluding hydrogens is 793 g/mol. The van der Waals surface area contributed by atoms with Gasteiger partial charge in [0.15, 0.2) is 0 Å². The van der Waals surface area contributed by atoms with E-state index in [1.54, 1.807) is 13.8 Å². The molecule has 11 heteroatoms. The molecule has 4 atom stereocenters. The lowest BCUT2D eigenvalue weighted by Gasteiger charge is -2.30. The summed E-state index contributed by atoms with van der Waals surface area (Å²) in [6.45, 7) is 14.8.